The number of rotatable bonds is 10. The average molecular weight is 339 g/mol. The number of morpholine rings is 1. The van der Waals surface area contributed by atoms with Gasteiger partial charge in [-0.1, -0.05) is 26.3 Å². The highest BCUT2D eigenvalue weighted by Crippen LogP contribution is 2.08. The second kappa shape index (κ2) is 12.3. The zero-order valence-electron chi connectivity index (χ0n) is 16.3. The van der Waals surface area contributed by atoms with Crippen molar-refractivity contribution in [3.8, 4) is 0 Å². The van der Waals surface area contributed by atoms with Gasteiger partial charge in [0.05, 0.1) is 12.7 Å². The Morgan fingerprint density at radius 3 is 2.88 bits per heavy atom. The molecule has 1 saturated heterocycles. The van der Waals surface area contributed by atoms with Gasteiger partial charge in [-0.2, -0.15) is 0 Å². The Kier molecular flexibility index (Phi) is 10.8. The van der Waals surface area contributed by atoms with E-state index in [1.54, 1.807) is 0 Å². The summed E-state index contributed by atoms with van der Waals surface area (Å²) in [4.78, 5) is 9.12. The van der Waals surface area contributed by atoms with Crippen LogP contribution in [-0.4, -0.2) is 75.3 Å². The summed E-state index contributed by atoms with van der Waals surface area (Å²) in [5, 5.41) is 3.47. The molecule has 140 valence electrons. The fraction of sp³-hybridized carbons (Fsp3) is 0.842. The van der Waals surface area contributed by atoms with E-state index in [0.29, 0.717) is 5.92 Å². The highest BCUT2D eigenvalue weighted by molar-refractivity contribution is 5.79. The Bertz CT molecular complexity index is 370. The molecule has 1 rings (SSSR count). The molecule has 0 aromatic heterocycles. The molecule has 5 nitrogen and oxygen atoms in total. The van der Waals surface area contributed by atoms with Gasteiger partial charge in [-0.3, -0.25) is 9.89 Å². The SMILES string of the molecule is C=CCCCCCN(C)C(=NC)NCC1CN(CC(C)C)CCO1. The fourth-order valence-corrected chi connectivity index (χ4v) is 3.10. The largest absolute Gasteiger partial charge is 0.374 e. The molecule has 1 aliphatic rings. The molecule has 0 saturated carbocycles. The maximum absolute atomic E-state index is 5.90. The molecule has 0 radical (unpaired) electrons. The standard InChI is InChI=1S/C19H38N4O/c1-6-7-8-9-10-11-22(5)19(20-4)21-14-18-16-23(12-13-24-18)15-17(2)3/h6,17-18H,1,7-16H2,2-5H3,(H,20,21). The Morgan fingerprint density at radius 2 is 2.21 bits per heavy atom. The van der Waals surface area contributed by atoms with Crippen LogP contribution in [0.1, 0.15) is 39.5 Å². The Morgan fingerprint density at radius 1 is 1.42 bits per heavy atom. The van der Waals surface area contributed by atoms with Crippen molar-refractivity contribution in [3.63, 3.8) is 0 Å². The minimum absolute atomic E-state index is 0.246. The van der Waals surface area contributed by atoms with E-state index in [-0.39, 0.29) is 6.10 Å². The third kappa shape index (κ3) is 8.69. The van der Waals surface area contributed by atoms with E-state index in [1.807, 2.05) is 13.1 Å². The van der Waals surface area contributed by atoms with Gasteiger partial charge in [0.1, 0.15) is 0 Å². The summed E-state index contributed by atoms with van der Waals surface area (Å²) in [7, 11) is 3.96. The van der Waals surface area contributed by atoms with Crippen LogP contribution in [0.2, 0.25) is 0 Å². The van der Waals surface area contributed by atoms with Crippen molar-refractivity contribution in [1.82, 2.24) is 15.1 Å². The highest BCUT2D eigenvalue weighted by atomic mass is 16.5. The summed E-state index contributed by atoms with van der Waals surface area (Å²) >= 11 is 0. The smallest absolute Gasteiger partial charge is 0.193 e. The molecule has 0 amide bonds. The fourth-order valence-electron chi connectivity index (χ4n) is 3.10. The van der Waals surface area contributed by atoms with Crippen molar-refractivity contribution in [1.29, 1.82) is 0 Å². The van der Waals surface area contributed by atoms with E-state index in [4.69, 9.17) is 4.74 Å². The first-order valence-electron chi connectivity index (χ1n) is 9.43. The van der Waals surface area contributed by atoms with Crippen molar-refractivity contribution in [2.24, 2.45) is 10.9 Å². The van der Waals surface area contributed by atoms with Gasteiger partial charge < -0.3 is 15.0 Å². The summed E-state index contributed by atoms with van der Waals surface area (Å²) in [6.07, 6.45) is 7.01. The summed E-state index contributed by atoms with van der Waals surface area (Å²) < 4.78 is 5.90. The zero-order chi connectivity index (χ0) is 17.8. The van der Waals surface area contributed by atoms with Crippen LogP contribution in [0.5, 0.6) is 0 Å². The lowest BCUT2D eigenvalue weighted by Gasteiger charge is -2.34. The minimum Gasteiger partial charge on any atom is -0.374 e. The Hall–Kier alpha value is -1.07. The van der Waals surface area contributed by atoms with Crippen LogP contribution in [0.3, 0.4) is 0 Å². The first-order chi connectivity index (χ1) is 11.6. The third-order valence-electron chi connectivity index (χ3n) is 4.31. The van der Waals surface area contributed by atoms with Gasteiger partial charge in [-0.05, 0) is 25.2 Å². The monoisotopic (exact) mass is 338 g/mol. The minimum atomic E-state index is 0.246. The van der Waals surface area contributed by atoms with E-state index in [2.05, 4.69) is 47.6 Å². The lowest BCUT2D eigenvalue weighted by atomic mass is 10.2. The molecule has 24 heavy (non-hydrogen) atoms. The maximum atomic E-state index is 5.90. The summed E-state index contributed by atoms with van der Waals surface area (Å²) in [5.74, 6) is 1.67. The number of nitrogens with one attached hydrogen (secondary N) is 1. The number of unbranched alkanes of at least 4 members (excludes halogenated alkanes) is 3. The Labute approximate surface area is 149 Å². The van der Waals surface area contributed by atoms with Crippen molar-refractivity contribution < 1.29 is 4.74 Å². The molecule has 0 aromatic carbocycles. The Balaban J connectivity index is 2.28. The van der Waals surface area contributed by atoms with Crippen LogP contribution in [0.25, 0.3) is 0 Å². The van der Waals surface area contributed by atoms with E-state index < -0.39 is 0 Å². The summed E-state index contributed by atoms with van der Waals surface area (Å²) in [6, 6.07) is 0. The van der Waals surface area contributed by atoms with Crippen molar-refractivity contribution in [3.05, 3.63) is 12.7 Å². The van der Waals surface area contributed by atoms with Crippen LogP contribution < -0.4 is 5.32 Å². The van der Waals surface area contributed by atoms with Crippen LogP contribution in [-0.2, 0) is 4.74 Å². The van der Waals surface area contributed by atoms with E-state index in [0.717, 1.165) is 51.7 Å². The molecule has 0 spiro atoms. The molecule has 1 N–H and O–H groups in total. The van der Waals surface area contributed by atoms with Crippen LogP contribution in [0, 0.1) is 5.92 Å². The van der Waals surface area contributed by atoms with E-state index >= 15 is 0 Å². The predicted octanol–water partition coefficient (Wildman–Crippen LogP) is 2.60. The summed E-state index contributed by atoms with van der Waals surface area (Å²) in [5.41, 5.74) is 0. The molecule has 1 atom stereocenters. The molecule has 0 aliphatic carbocycles. The van der Waals surface area contributed by atoms with Crippen molar-refractivity contribution >= 4 is 5.96 Å². The summed E-state index contributed by atoms with van der Waals surface area (Å²) in [6.45, 7) is 14.2. The van der Waals surface area contributed by atoms with Gasteiger partial charge >= 0.3 is 0 Å². The zero-order valence-corrected chi connectivity index (χ0v) is 16.3. The lowest BCUT2D eigenvalue weighted by molar-refractivity contribution is -0.0286. The number of allylic oxidation sites excluding steroid dienone is 1. The van der Waals surface area contributed by atoms with Crippen LogP contribution in [0.4, 0.5) is 0 Å². The van der Waals surface area contributed by atoms with E-state index in [9.17, 15) is 0 Å². The third-order valence-corrected chi connectivity index (χ3v) is 4.31. The van der Waals surface area contributed by atoms with Gasteiger partial charge in [0, 0.05) is 46.8 Å². The molecule has 1 aliphatic heterocycles. The van der Waals surface area contributed by atoms with Gasteiger partial charge in [-0.25, -0.2) is 0 Å². The van der Waals surface area contributed by atoms with Gasteiger partial charge in [-0.15, -0.1) is 6.58 Å². The first-order valence-corrected chi connectivity index (χ1v) is 9.43. The maximum Gasteiger partial charge on any atom is 0.193 e. The lowest BCUT2D eigenvalue weighted by Crippen LogP contribution is -2.50. The molecule has 0 aromatic rings. The number of nitrogens with zero attached hydrogens (tertiary/aromatic N) is 3. The number of hydrogen-bond donors (Lipinski definition) is 1. The average Bonchev–Trinajstić information content (AvgIpc) is 2.55. The second-order valence-corrected chi connectivity index (χ2v) is 7.13. The molecule has 5 heteroatoms. The number of hydrogen-bond acceptors (Lipinski definition) is 3. The quantitative estimate of drug-likeness (QED) is 0.288. The normalized spacial score (nSPS) is 19.5. The molecule has 1 unspecified atom stereocenters. The van der Waals surface area contributed by atoms with Gasteiger partial charge in [0.25, 0.3) is 0 Å². The highest BCUT2D eigenvalue weighted by Gasteiger charge is 2.21. The first kappa shape index (κ1) is 21.0. The van der Waals surface area contributed by atoms with Gasteiger partial charge in [0.2, 0.25) is 0 Å². The topological polar surface area (TPSA) is 40.1 Å². The number of guanidine groups is 1. The molecule has 1 fully saturated rings. The van der Waals surface area contributed by atoms with Crippen molar-refractivity contribution in [2.75, 3.05) is 53.4 Å². The number of ether oxygens (including phenoxy) is 1. The molecular weight excluding hydrogens is 300 g/mol. The van der Waals surface area contributed by atoms with Crippen molar-refractivity contribution in [2.45, 2.75) is 45.6 Å². The predicted molar refractivity (Wildman–Crippen MR) is 104 cm³/mol. The van der Waals surface area contributed by atoms with E-state index in [1.165, 1.54) is 19.3 Å². The molecular formula is C19H38N4O. The second-order valence-electron chi connectivity index (χ2n) is 7.13. The molecule has 1 heterocycles. The van der Waals surface area contributed by atoms with Crippen LogP contribution >= 0.6 is 0 Å². The number of aliphatic imine (C=N–C) groups is 1. The van der Waals surface area contributed by atoms with Crippen LogP contribution in [0.15, 0.2) is 17.6 Å². The van der Waals surface area contributed by atoms with Gasteiger partial charge in [0.15, 0.2) is 5.96 Å². The molecule has 0 bridgehead atoms.